The molecule has 0 bridgehead atoms. The second-order valence-electron chi connectivity index (χ2n) is 4.82. The van der Waals surface area contributed by atoms with Gasteiger partial charge < -0.3 is 4.74 Å². The number of hydrogen-bond acceptors (Lipinski definition) is 4. The first kappa shape index (κ1) is 18.7. The lowest BCUT2D eigenvalue weighted by atomic mass is 10.2. The summed E-state index contributed by atoms with van der Waals surface area (Å²) in [5.74, 6) is -1.32. The maximum absolute atomic E-state index is 12.4. The number of carbonyl (C=O) groups excluding carboxylic acids is 2. The van der Waals surface area contributed by atoms with Crippen molar-refractivity contribution in [1.82, 2.24) is 4.90 Å². The number of benzene rings is 1. The van der Waals surface area contributed by atoms with Gasteiger partial charge in [-0.05, 0) is 17.7 Å². The molecule has 0 spiro atoms. The lowest BCUT2D eigenvalue weighted by molar-refractivity contribution is -0.152. The van der Waals surface area contributed by atoms with Gasteiger partial charge in [-0.15, -0.1) is 0 Å². The Labute approximate surface area is 145 Å². The number of hydrogen-bond donors (Lipinski definition) is 0. The summed E-state index contributed by atoms with van der Waals surface area (Å²) in [6, 6.07) is 6.34. The standard InChI is InChI=1S/C15H13ClF3NO3S/c1-2-11(21)23-14-12(22)20(8-7-15(17,18)19)13(24-14)9-3-5-10(16)6-4-9/h3-8,13-14H,2H2,1H3/b8-7+. The normalized spacial score (nSPS) is 21.5. The zero-order valence-corrected chi connectivity index (χ0v) is 14.0. The van der Waals surface area contributed by atoms with Gasteiger partial charge in [-0.2, -0.15) is 13.2 Å². The Morgan fingerprint density at radius 3 is 2.54 bits per heavy atom. The van der Waals surface area contributed by atoms with Gasteiger partial charge in [0, 0.05) is 23.7 Å². The van der Waals surface area contributed by atoms with Gasteiger partial charge in [0.25, 0.3) is 5.91 Å². The van der Waals surface area contributed by atoms with E-state index >= 15 is 0 Å². The molecule has 1 aromatic carbocycles. The van der Waals surface area contributed by atoms with Crippen molar-refractivity contribution in [2.45, 2.75) is 30.3 Å². The van der Waals surface area contributed by atoms with Crippen LogP contribution in [0.15, 0.2) is 36.5 Å². The van der Waals surface area contributed by atoms with Gasteiger partial charge in [0.15, 0.2) is 0 Å². The molecule has 0 N–H and O–H groups in total. The molecule has 2 unspecified atom stereocenters. The van der Waals surface area contributed by atoms with Gasteiger partial charge in [-0.1, -0.05) is 42.4 Å². The largest absolute Gasteiger partial charge is 0.441 e. The quantitative estimate of drug-likeness (QED) is 0.733. The number of alkyl halides is 3. The van der Waals surface area contributed by atoms with E-state index < -0.39 is 28.9 Å². The molecule has 1 aromatic rings. The lowest BCUT2D eigenvalue weighted by Crippen LogP contribution is -2.29. The zero-order chi connectivity index (χ0) is 17.9. The molecule has 2 rings (SSSR count). The van der Waals surface area contributed by atoms with Crippen LogP contribution in [0.1, 0.15) is 24.3 Å². The van der Waals surface area contributed by atoms with Crippen molar-refractivity contribution < 1.29 is 27.5 Å². The fraction of sp³-hybridized carbons (Fsp3) is 0.333. The van der Waals surface area contributed by atoms with Gasteiger partial charge in [-0.3, -0.25) is 14.5 Å². The molecule has 1 heterocycles. The maximum atomic E-state index is 12.4. The number of rotatable bonds is 4. The van der Waals surface area contributed by atoms with Crippen molar-refractivity contribution in [3.05, 3.63) is 47.1 Å². The minimum Gasteiger partial charge on any atom is -0.441 e. The van der Waals surface area contributed by atoms with E-state index in [1.54, 1.807) is 31.2 Å². The summed E-state index contributed by atoms with van der Waals surface area (Å²) >= 11 is 6.75. The Morgan fingerprint density at radius 2 is 2.00 bits per heavy atom. The highest BCUT2D eigenvalue weighted by Crippen LogP contribution is 2.44. The van der Waals surface area contributed by atoms with Crippen molar-refractivity contribution in [2.75, 3.05) is 0 Å². The van der Waals surface area contributed by atoms with Crippen LogP contribution in [0.3, 0.4) is 0 Å². The number of esters is 1. The van der Waals surface area contributed by atoms with Crippen molar-refractivity contribution >= 4 is 35.2 Å². The Bertz CT molecular complexity index is 648. The van der Waals surface area contributed by atoms with E-state index in [-0.39, 0.29) is 12.5 Å². The SMILES string of the molecule is CCC(=O)OC1SC(c2ccc(Cl)cc2)N(/C=C/C(F)(F)F)C1=O. The summed E-state index contributed by atoms with van der Waals surface area (Å²) < 4.78 is 42.3. The number of carbonyl (C=O) groups is 2. The first-order chi connectivity index (χ1) is 11.2. The molecular formula is C15H13ClF3NO3S. The minimum absolute atomic E-state index is 0.0294. The van der Waals surface area contributed by atoms with Gasteiger partial charge in [0.05, 0.1) is 0 Å². The molecule has 1 aliphatic rings. The number of ether oxygens (including phenoxy) is 1. The van der Waals surface area contributed by atoms with Crippen molar-refractivity contribution in [2.24, 2.45) is 0 Å². The second-order valence-corrected chi connectivity index (χ2v) is 6.40. The number of halogens is 4. The highest BCUT2D eigenvalue weighted by molar-refractivity contribution is 8.01. The summed E-state index contributed by atoms with van der Waals surface area (Å²) in [6.45, 7) is 1.56. The lowest BCUT2D eigenvalue weighted by Gasteiger charge is -2.19. The molecule has 0 aromatic heterocycles. The van der Waals surface area contributed by atoms with Gasteiger partial charge in [0.1, 0.15) is 5.37 Å². The van der Waals surface area contributed by atoms with E-state index in [9.17, 15) is 22.8 Å². The fourth-order valence-electron chi connectivity index (χ4n) is 1.94. The van der Waals surface area contributed by atoms with Crippen LogP contribution in [-0.4, -0.2) is 28.4 Å². The van der Waals surface area contributed by atoms with E-state index in [1.807, 2.05) is 0 Å². The molecule has 0 radical (unpaired) electrons. The van der Waals surface area contributed by atoms with E-state index in [1.165, 1.54) is 0 Å². The maximum Gasteiger partial charge on any atom is 0.411 e. The first-order valence-electron chi connectivity index (χ1n) is 6.90. The van der Waals surface area contributed by atoms with Crippen LogP contribution in [0.5, 0.6) is 0 Å². The molecule has 1 saturated heterocycles. The van der Waals surface area contributed by atoms with E-state index in [2.05, 4.69) is 0 Å². The molecule has 2 atom stereocenters. The van der Waals surface area contributed by atoms with E-state index in [0.29, 0.717) is 16.8 Å². The number of allylic oxidation sites excluding steroid dienone is 1. The first-order valence-corrected chi connectivity index (χ1v) is 8.22. The highest BCUT2D eigenvalue weighted by atomic mass is 35.5. The third kappa shape index (κ3) is 4.67. The summed E-state index contributed by atoms with van der Waals surface area (Å²) in [4.78, 5) is 24.6. The van der Waals surface area contributed by atoms with Crippen LogP contribution < -0.4 is 0 Å². The second kappa shape index (κ2) is 7.48. The average molecular weight is 380 g/mol. The molecule has 0 aliphatic carbocycles. The predicted molar refractivity (Wildman–Crippen MR) is 84.0 cm³/mol. The van der Waals surface area contributed by atoms with E-state index in [4.69, 9.17) is 16.3 Å². The van der Waals surface area contributed by atoms with E-state index in [0.717, 1.165) is 16.7 Å². The van der Waals surface area contributed by atoms with Crippen molar-refractivity contribution in [3.8, 4) is 0 Å². The molecule has 1 aliphatic heterocycles. The summed E-state index contributed by atoms with van der Waals surface area (Å²) in [7, 11) is 0. The Morgan fingerprint density at radius 1 is 1.38 bits per heavy atom. The minimum atomic E-state index is -4.56. The van der Waals surface area contributed by atoms with Gasteiger partial charge >= 0.3 is 12.1 Å². The highest BCUT2D eigenvalue weighted by Gasteiger charge is 2.43. The monoisotopic (exact) mass is 379 g/mol. The molecule has 1 fully saturated rings. The third-order valence-electron chi connectivity index (χ3n) is 3.07. The molecule has 0 saturated carbocycles. The Balaban J connectivity index is 2.30. The number of amides is 1. The third-order valence-corrected chi connectivity index (χ3v) is 4.62. The van der Waals surface area contributed by atoms with Gasteiger partial charge in [-0.25, -0.2) is 0 Å². The van der Waals surface area contributed by atoms with Gasteiger partial charge in [0.2, 0.25) is 5.44 Å². The Hall–Kier alpha value is -1.67. The molecule has 9 heteroatoms. The molecular weight excluding hydrogens is 367 g/mol. The summed E-state index contributed by atoms with van der Waals surface area (Å²) in [6.07, 6.45) is -3.87. The summed E-state index contributed by atoms with van der Waals surface area (Å²) in [5.41, 5.74) is -0.615. The van der Waals surface area contributed by atoms with Crippen LogP contribution in [-0.2, 0) is 14.3 Å². The smallest absolute Gasteiger partial charge is 0.411 e. The van der Waals surface area contributed by atoms with Crippen molar-refractivity contribution in [3.63, 3.8) is 0 Å². The summed E-state index contributed by atoms with van der Waals surface area (Å²) in [5, 5.41) is -0.289. The molecule has 4 nitrogen and oxygen atoms in total. The number of thioether (sulfide) groups is 1. The number of nitrogens with zero attached hydrogens (tertiary/aromatic N) is 1. The fourth-order valence-corrected chi connectivity index (χ4v) is 3.32. The molecule has 1 amide bonds. The van der Waals surface area contributed by atoms with Crippen molar-refractivity contribution in [1.29, 1.82) is 0 Å². The molecule has 24 heavy (non-hydrogen) atoms. The van der Waals surface area contributed by atoms with Crippen LogP contribution >= 0.6 is 23.4 Å². The topological polar surface area (TPSA) is 46.6 Å². The van der Waals surface area contributed by atoms with Crippen LogP contribution in [0, 0.1) is 0 Å². The van der Waals surface area contributed by atoms with Crippen LogP contribution in [0.4, 0.5) is 13.2 Å². The molecule has 130 valence electrons. The zero-order valence-electron chi connectivity index (χ0n) is 12.4. The predicted octanol–water partition coefficient (Wildman–Crippen LogP) is 4.27. The van der Waals surface area contributed by atoms with Crippen LogP contribution in [0.25, 0.3) is 0 Å². The Kier molecular flexibility index (Phi) is 5.82. The van der Waals surface area contributed by atoms with Crippen LogP contribution in [0.2, 0.25) is 5.02 Å². The average Bonchev–Trinajstić information content (AvgIpc) is 2.81.